The molecule has 0 aromatic carbocycles. The van der Waals surface area contributed by atoms with E-state index in [-0.39, 0.29) is 5.91 Å². The third-order valence-electron chi connectivity index (χ3n) is 2.61. The van der Waals surface area contributed by atoms with Gasteiger partial charge in [-0.1, -0.05) is 17.8 Å². The first-order chi connectivity index (χ1) is 7.29. The van der Waals surface area contributed by atoms with Crippen molar-refractivity contribution in [3.63, 3.8) is 0 Å². The van der Waals surface area contributed by atoms with Crippen LogP contribution in [-0.4, -0.2) is 29.7 Å². The summed E-state index contributed by atoms with van der Waals surface area (Å²) in [5.74, 6) is 0.562. The fourth-order valence-electron chi connectivity index (χ4n) is 1.43. The summed E-state index contributed by atoms with van der Waals surface area (Å²) in [6, 6.07) is 0. The average Bonchev–Trinajstić information content (AvgIpc) is 2.63. The maximum absolute atomic E-state index is 11.6. The third kappa shape index (κ3) is 2.44. The molecule has 0 unspecified atom stereocenters. The zero-order chi connectivity index (χ0) is 10.7. The van der Waals surface area contributed by atoms with Gasteiger partial charge >= 0.3 is 0 Å². The van der Waals surface area contributed by atoms with Crippen molar-refractivity contribution in [3.05, 3.63) is 5.01 Å². The Morgan fingerprint density at radius 3 is 2.87 bits per heavy atom. The highest BCUT2D eigenvalue weighted by molar-refractivity contribution is 7.17. The molecule has 1 saturated carbocycles. The third-order valence-corrected chi connectivity index (χ3v) is 3.55. The van der Waals surface area contributed by atoms with Gasteiger partial charge in [0.25, 0.3) is 5.91 Å². The van der Waals surface area contributed by atoms with Gasteiger partial charge in [-0.15, -0.1) is 10.2 Å². The van der Waals surface area contributed by atoms with Gasteiger partial charge in [0.1, 0.15) is 0 Å². The van der Waals surface area contributed by atoms with Crippen LogP contribution in [0.2, 0.25) is 0 Å². The molecule has 1 heterocycles. The molecule has 6 heteroatoms. The standard InChI is InChI=1S/C9H14N4OS/c1-10-9-13-12-8(15-9)7(14)11-5-6-3-2-4-6/h6H,2-5H2,1H3,(H,10,13)(H,11,14). The van der Waals surface area contributed by atoms with E-state index >= 15 is 0 Å². The topological polar surface area (TPSA) is 66.9 Å². The molecule has 2 N–H and O–H groups in total. The average molecular weight is 226 g/mol. The number of hydrogen-bond donors (Lipinski definition) is 2. The highest BCUT2D eigenvalue weighted by atomic mass is 32.1. The maximum Gasteiger partial charge on any atom is 0.282 e. The summed E-state index contributed by atoms with van der Waals surface area (Å²) in [5, 5.41) is 14.4. The summed E-state index contributed by atoms with van der Waals surface area (Å²) in [6.07, 6.45) is 3.76. The highest BCUT2D eigenvalue weighted by Crippen LogP contribution is 2.25. The summed E-state index contributed by atoms with van der Waals surface area (Å²) < 4.78 is 0. The number of anilines is 1. The number of nitrogens with one attached hydrogen (secondary N) is 2. The van der Waals surface area contributed by atoms with Crippen LogP contribution in [0.15, 0.2) is 0 Å². The molecule has 1 aliphatic rings. The summed E-state index contributed by atoms with van der Waals surface area (Å²) in [4.78, 5) is 11.6. The molecular formula is C9H14N4OS. The fourth-order valence-corrected chi connectivity index (χ4v) is 2.04. The van der Waals surface area contributed by atoms with Gasteiger partial charge in [-0.3, -0.25) is 4.79 Å². The Hall–Kier alpha value is -1.17. The number of nitrogens with zero attached hydrogens (tertiary/aromatic N) is 2. The van der Waals surface area contributed by atoms with Crippen molar-refractivity contribution in [2.24, 2.45) is 5.92 Å². The Bertz CT molecular complexity index is 348. The quantitative estimate of drug-likeness (QED) is 0.807. The predicted octanol–water partition coefficient (Wildman–Crippen LogP) is 1.11. The van der Waals surface area contributed by atoms with Crippen LogP contribution in [0.5, 0.6) is 0 Å². The molecule has 0 saturated heterocycles. The molecule has 1 aromatic rings. The molecule has 1 amide bonds. The van der Waals surface area contributed by atoms with E-state index in [1.165, 1.54) is 30.6 Å². The first-order valence-electron chi connectivity index (χ1n) is 5.09. The lowest BCUT2D eigenvalue weighted by Gasteiger charge is -2.24. The van der Waals surface area contributed by atoms with E-state index in [4.69, 9.17) is 0 Å². The fraction of sp³-hybridized carbons (Fsp3) is 0.667. The van der Waals surface area contributed by atoms with E-state index in [2.05, 4.69) is 20.8 Å². The molecule has 82 valence electrons. The Kier molecular flexibility index (Phi) is 3.15. The van der Waals surface area contributed by atoms with Crippen molar-refractivity contribution < 1.29 is 4.79 Å². The van der Waals surface area contributed by atoms with Gasteiger partial charge in [0.15, 0.2) is 0 Å². The van der Waals surface area contributed by atoms with E-state index < -0.39 is 0 Å². The zero-order valence-electron chi connectivity index (χ0n) is 8.62. The van der Waals surface area contributed by atoms with Crippen molar-refractivity contribution in [2.75, 3.05) is 18.9 Å². The van der Waals surface area contributed by atoms with Crippen molar-refractivity contribution in [1.29, 1.82) is 0 Å². The highest BCUT2D eigenvalue weighted by Gasteiger charge is 2.19. The molecule has 0 spiro atoms. The van der Waals surface area contributed by atoms with Crippen molar-refractivity contribution in [1.82, 2.24) is 15.5 Å². The van der Waals surface area contributed by atoms with Crippen LogP contribution >= 0.6 is 11.3 Å². The van der Waals surface area contributed by atoms with Gasteiger partial charge in [0.05, 0.1) is 0 Å². The van der Waals surface area contributed by atoms with Gasteiger partial charge in [-0.05, 0) is 18.8 Å². The Morgan fingerprint density at radius 2 is 2.33 bits per heavy atom. The molecule has 0 atom stereocenters. The lowest BCUT2D eigenvalue weighted by molar-refractivity contribution is 0.0938. The molecule has 0 radical (unpaired) electrons. The normalized spacial score (nSPS) is 15.8. The summed E-state index contributed by atoms with van der Waals surface area (Å²) >= 11 is 1.27. The number of carbonyl (C=O) groups is 1. The van der Waals surface area contributed by atoms with Crippen molar-refractivity contribution >= 4 is 22.4 Å². The van der Waals surface area contributed by atoms with Crippen LogP contribution in [0.25, 0.3) is 0 Å². The van der Waals surface area contributed by atoms with E-state index in [0.717, 1.165) is 6.54 Å². The van der Waals surface area contributed by atoms with Crippen molar-refractivity contribution in [2.45, 2.75) is 19.3 Å². The Morgan fingerprint density at radius 1 is 1.53 bits per heavy atom. The van der Waals surface area contributed by atoms with Gasteiger partial charge in [0.2, 0.25) is 10.1 Å². The molecular weight excluding hydrogens is 212 g/mol. The van der Waals surface area contributed by atoms with Gasteiger partial charge in [-0.2, -0.15) is 0 Å². The van der Waals surface area contributed by atoms with Crippen LogP contribution in [-0.2, 0) is 0 Å². The van der Waals surface area contributed by atoms with Gasteiger partial charge in [0, 0.05) is 13.6 Å². The number of carbonyl (C=O) groups excluding carboxylic acids is 1. The summed E-state index contributed by atoms with van der Waals surface area (Å²) in [6.45, 7) is 0.771. The molecule has 1 aliphatic carbocycles. The maximum atomic E-state index is 11.6. The second kappa shape index (κ2) is 4.57. The molecule has 0 bridgehead atoms. The molecule has 2 rings (SSSR count). The van der Waals surface area contributed by atoms with Crippen LogP contribution in [0.4, 0.5) is 5.13 Å². The minimum absolute atomic E-state index is 0.110. The van der Waals surface area contributed by atoms with E-state index in [9.17, 15) is 4.79 Å². The lowest BCUT2D eigenvalue weighted by atomic mass is 9.85. The van der Waals surface area contributed by atoms with Gasteiger partial charge < -0.3 is 10.6 Å². The number of rotatable bonds is 4. The van der Waals surface area contributed by atoms with Crippen LogP contribution < -0.4 is 10.6 Å². The summed E-state index contributed by atoms with van der Waals surface area (Å²) in [7, 11) is 1.76. The van der Waals surface area contributed by atoms with Crippen LogP contribution in [0.1, 0.15) is 29.1 Å². The number of hydrogen-bond acceptors (Lipinski definition) is 5. The monoisotopic (exact) mass is 226 g/mol. The van der Waals surface area contributed by atoms with E-state index in [1.54, 1.807) is 7.05 Å². The zero-order valence-corrected chi connectivity index (χ0v) is 9.43. The molecule has 1 aromatic heterocycles. The second-order valence-corrected chi connectivity index (χ2v) is 4.65. The van der Waals surface area contributed by atoms with Crippen LogP contribution in [0.3, 0.4) is 0 Å². The molecule has 0 aliphatic heterocycles. The SMILES string of the molecule is CNc1nnc(C(=O)NCC2CCC2)s1. The van der Waals surface area contributed by atoms with Crippen LogP contribution in [0, 0.1) is 5.92 Å². The Labute approximate surface area is 92.3 Å². The number of amides is 1. The molecule has 5 nitrogen and oxygen atoms in total. The lowest BCUT2D eigenvalue weighted by Crippen LogP contribution is -2.32. The minimum atomic E-state index is -0.110. The van der Waals surface area contributed by atoms with Crippen molar-refractivity contribution in [3.8, 4) is 0 Å². The Balaban J connectivity index is 1.83. The van der Waals surface area contributed by atoms with E-state index in [1.807, 2.05) is 0 Å². The smallest absolute Gasteiger partial charge is 0.282 e. The van der Waals surface area contributed by atoms with Gasteiger partial charge in [-0.25, -0.2) is 0 Å². The first kappa shape index (κ1) is 10.4. The second-order valence-electron chi connectivity index (χ2n) is 3.67. The summed E-state index contributed by atoms with van der Waals surface area (Å²) in [5.41, 5.74) is 0. The molecule has 15 heavy (non-hydrogen) atoms. The molecule has 1 fully saturated rings. The largest absolute Gasteiger partial charge is 0.363 e. The first-order valence-corrected chi connectivity index (χ1v) is 5.90. The van der Waals surface area contributed by atoms with E-state index in [0.29, 0.717) is 16.1 Å². The minimum Gasteiger partial charge on any atom is -0.363 e. The number of aromatic nitrogens is 2. The predicted molar refractivity (Wildman–Crippen MR) is 59.1 cm³/mol.